The highest BCUT2D eigenvalue weighted by atomic mass is 127. The fourth-order valence-corrected chi connectivity index (χ4v) is 1.64. The summed E-state index contributed by atoms with van der Waals surface area (Å²) in [6.45, 7) is 2.33. The van der Waals surface area contributed by atoms with Crippen LogP contribution in [0.3, 0.4) is 0 Å². The van der Waals surface area contributed by atoms with Crippen molar-refractivity contribution >= 4 is 45.2 Å². The summed E-state index contributed by atoms with van der Waals surface area (Å²) in [5, 5.41) is 0. The van der Waals surface area contributed by atoms with Crippen molar-refractivity contribution in [1.82, 2.24) is 0 Å². The minimum atomic E-state index is 0.938. The van der Waals surface area contributed by atoms with Crippen LogP contribution in [0.2, 0.25) is 0 Å². The van der Waals surface area contributed by atoms with E-state index < -0.39 is 0 Å². The van der Waals surface area contributed by atoms with E-state index in [1.165, 1.54) is 28.1 Å². The van der Waals surface area contributed by atoms with E-state index in [2.05, 4.69) is 52.1 Å². The highest BCUT2D eigenvalue weighted by Crippen LogP contribution is 2.10. The highest BCUT2D eigenvalue weighted by molar-refractivity contribution is 14.1. The van der Waals surface area contributed by atoms with Gasteiger partial charge in [-0.2, -0.15) is 0 Å². The first-order valence-corrected chi connectivity index (χ1v) is 6.48. The molecular weight excluding hydrogens is 338 g/mol. The molecule has 9 heavy (non-hydrogen) atoms. The van der Waals surface area contributed by atoms with Crippen LogP contribution in [0.15, 0.2) is 0 Å². The van der Waals surface area contributed by atoms with E-state index in [0.717, 1.165) is 5.92 Å². The second-order valence-electron chi connectivity index (χ2n) is 2.44. The Morgan fingerprint density at radius 3 is 2.33 bits per heavy atom. The van der Waals surface area contributed by atoms with Gasteiger partial charge in [-0.05, 0) is 23.2 Å². The van der Waals surface area contributed by atoms with Crippen LogP contribution in [-0.2, 0) is 0 Å². The number of alkyl halides is 2. The highest BCUT2D eigenvalue weighted by Gasteiger charge is 1.97. The van der Waals surface area contributed by atoms with Crippen LogP contribution < -0.4 is 0 Å². The molecule has 1 unspecified atom stereocenters. The molecule has 0 aromatic carbocycles. The summed E-state index contributed by atoms with van der Waals surface area (Å²) >= 11 is 4.91. The number of hydrogen-bond acceptors (Lipinski definition) is 0. The van der Waals surface area contributed by atoms with Gasteiger partial charge in [-0.3, -0.25) is 0 Å². The van der Waals surface area contributed by atoms with Crippen LogP contribution in [0.25, 0.3) is 0 Å². The molecule has 1 atom stereocenters. The fourth-order valence-electron chi connectivity index (χ4n) is 0.664. The third-order valence-electron chi connectivity index (χ3n) is 1.34. The van der Waals surface area contributed by atoms with Crippen molar-refractivity contribution in [3.63, 3.8) is 0 Å². The largest absolute Gasteiger partial charge is 0.0864 e. The summed E-state index contributed by atoms with van der Waals surface area (Å²) in [7, 11) is 0. The quantitative estimate of drug-likeness (QED) is 0.403. The Labute approximate surface area is 85.5 Å². The van der Waals surface area contributed by atoms with E-state index in [-0.39, 0.29) is 0 Å². The van der Waals surface area contributed by atoms with Gasteiger partial charge in [-0.15, -0.1) is 0 Å². The van der Waals surface area contributed by atoms with E-state index in [1.54, 1.807) is 0 Å². The molecule has 0 N–H and O–H groups in total. The molecule has 0 aromatic rings. The Balaban J connectivity index is 2.88. The van der Waals surface area contributed by atoms with E-state index in [4.69, 9.17) is 0 Å². The molecule has 0 aromatic heterocycles. The normalized spacial score (nSPS) is 13.7. The van der Waals surface area contributed by atoms with Crippen molar-refractivity contribution in [1.29, 1.82) is 0 Å². The Morgan fingerprint density at radius 1 is 1.22 bits per heavy atom. The molecule has 2 heteroatoms. The van der Waals surface area contributed by atoms with Crippen molar-refractivity contribution in [3.8, 4) is 0 Å². The second-order valence-corrected chi connectivity index (χ2v) is 4.40. The molecule has 0 spiro atoms. The van der Waals surface area contributed by atoms with E-state index in [0.29, 0.717) is 0 Å². The first-order valence-electron chi connectivity index (χ1n) is 3.43. The zero-order valence-corrected chi connectivity index (χ0v) is 10.2. The maximum absolute atomic E-state index is 2.46. The van der Waals surface area contributed by atoms with Gasteiger partial charge in [-0.25, -0.2) is 0 Å². The summed E-state index contributed by atoms with van der Waals surface area (Å²) in [5.74, 6) is 0.938. The molecule has 0 nitrogen and oxygen atoms in total. The first-order chi connectivity index (χ1) is 4.31. The lowest BCUT2D eigenvalue weighted by Crippen LogP contribution is -1.94. The zero-order valence-electron chi connectivity index (χ0n) is 5.87. The predicted molar refractivity (Wildman–Crippen MR) is 60.8 cm³/mol. The summed E-state index contributed by atoms with van der Waals surface area (Å²) in [6, 6.07) is 0. The predicted octanol–water partition coefficient (Wildman–Crippen LogP) is 3.66. The third-order valence-corrected chi connectivity index (χ3v) is 3.61. The van der Waals surface area contributed by atoms with Crippen molar-refractivity contribution in [2.24, 2.45) is 5.92 Å². The summed E-state index contributed by atoms with van der Waals surface area (Å²) in [4.78, 5) is 0. The standard InChI is InChI=1S/C7H14I2/c1-7(6-9)4-2-3-5-8/h7H,2-6H2,1H3. The van der Waals surface area contributed by atoms with Crippen LogP contribution in [0.1, 0.15) is 26.2 Å². The molecule has 0 fully saturated rings. The van der Waals surface area contributed by atoms with Gasteiger partial charge < -0.3 is 0 Å². The molecule has 0 rings (SSSR count). The maximum atomic E-state index is 2.46. The van der Waals surface area contributed by atoms with Gasteiger partial charge in [0.1, 0.15) is 0 Å². The molecule has 0 saturated carbocycles. The van der Waals surface area contributed by atoms with Gasteiger partial charge in [0.05, 0.1) is 0 Å². The van der Waals surface area contributed by atoms with Gasteiger partial charge in [0.15, 0.2) is 0 Å². The monoisotopic (exact) mass is 352 g/mol. The van der Waals surface area contributed by atoms with E-state index in [1.807, 2.05) is 0 Å². The summed E-state index contributed by atoms with van der Waals surface area (Å²) < 4.78 is 2.64. The Hall–Kier alpha value is 1.46. The number of unbranched alkanes of at least 4 members (excludes halogenated alkanes) is 1. The third kappa shape index (κ3) is 7.36. The lowest BCUT2D eigenvalue weighted by atomic mass is 10.1. The van der Waals surface area contributed by atoms with E-state index in [9.17, 15) is 0 Å². The summed E-state index contributed by atoms with van der Waals surface area (Å²) in [6.07, 6.45) is 4.25. The van der Waals surface area contributed by atoms with Gasteiger partial charge in [-0.1, -0.05) is 58.5 Å². The zero-order chi connectivity index (χ0) is 7.11. The van der Waals surface area contributed by atoms with E-state index >= 15 is 0 Å². The minimum absolute atomic E-state index is 0.938. The topological polar surface area (TPSA) is 0 Å². The number of halogens is 2. The molecule has 0 amide bonds. The van der Waals surface area contributed by atoms with Gasteiger partial charge in [0, 0.05) is 4.43 Å². The van der Waals surface area contributed by atoms with Gasteiger partial charge in [0.2, 0.25) is 0 Å². The lowest BCUT2D eigenvalue weighted by molar-refractivity contribution is 0.567. The second kappa shape index (κ2) is 7.57. The maximum Gasteiger partial charge on any atom is 0.00210 e. The van der Waals surface area contributed by atoms with Crippen LogP contribution in [-0.4, -0.2) is 8.86 Å². The smallest absolute Gasteiger partial charge is 0.00210 e. The number of rotatable bonds is 5. The minimum Gasteiger partial charge on any atom is -0.0864 e. The fraction of sp³-hybridized carbons (Fsp3) is 1.00. The Bertz CT molecular complexity index is 54.9. The van der Waals surface area contributed by atoms with Crippen molar-refractivity contribution in [2.45, 2.75) is 26.2 Å². The Kier molecular flexibility index (Phi) is 8.79. The van der Waals surface area contributed by atoms with Crippen LogP contribution in [0, 0.1) is 5.92 Å². The molecule has 0 aliphatic heterocycles. The molecule has 0 saturated heterocycles. The SMILES string of the molecule is CC(CI)CCCCI. The van der Waals surface area contributed by atoms with Gasteiger partial charge in [0.25, 0.3) is 0 Å². The molecule has 56 valence electrons. The van der Waals surface area contributed by atoms with Crippen molar-refractivity contribution < 1.29 is 0 Å². The molecule has 0 radical (unpaired) electrons. The van der Waals surface area contributed by atoms with Crippen LogP contribution in [0.4, 0.5) is 0 Å². The Morgan fingerprint density at radius 2 is 1.89 bits per heavy atom. The number of hydrogen-bond donors (Lipinski definition) is 0. The van der Waals surface area contributed by atoms with Crippen molar-refractivity contribution in [2.75, 3.05) is 8.86 Å². The average molecular weight is 352 g/mol. The van der Waals surface area contributed by atoms with Gasteiger partial charge >= 0.3 is 0 Å². The molecule has 0 aliphatic carbocycles. The average Bonchev–Trinajstić information content (AvgIpc) is 1.89. The van der Waals surface area contributed by atoms with Crippen LogP contribution >= 0.6 is 45.2 Å². The van der Waals surface area contributed by atoms with Crippen LogP contribution in [0.5, 0.6) is 0 Å². The van der Waals surface area contributed by atoms with Crippen molar-refractivity contribution in [3.05, 3.63) is 0 Å². The lowest BCUT2D eigenvalue weighted by Gasteiger charge is -2.04. The summed E-state index contributed by atoms with van der Waals surface area (Å²) in [5.41, 5.74) is 0. The first kappa shape index (κ1) is 10.5. The molecule has 0 aliphatic rings. The molecule has 0 heterocycles. The molecule has 0 bridgehead atoms. The molecular formula is C7H14I2.